The second-order valence-electron chi connectivity index (χ2n) is 7.78. The van der Waals surface area contributed by atoms with Crippen LogP contribution in [-0.2, 0) is 7.05 Å². The molecule has 2 aromatic heterocycles. The Labute approximate surface area is 181 Å². The number of aryl methyl sites for hydroxylation is 1. The summed E-state index contributed by atoms with van der Waals surface area (Å²) >= 11 is 0. The van der Waals surface area contributed by atoms with Crippen molar-refractivity contribution >= 4 is 13.7 Å². The molecule has 4 rings (SSSR count). The first-order chi connectivity index (χ1) is 14.8. The minimum absolute atomic E-state index is 0.347. The first-order valence-corrected chi connectivity index (χ1v) is 10.0. The van der Waals surface area contributed by atoms with Crippen LogP contribution in [0.2, 0.25) is 0 Å². The fourth-order valence-corrected chi connectivity index (χ4v) is 3.31. The van der Waals surface area contributed by atoms with Gasteiger partial charge in [-0.25, -0.2) is 9.37 Å². The van der Waals surface area contributed by atoms with Crippen LogP contribution < -0.4 is 16.3 Å². The highest BCUT2D eigenvalue weighted by Gasteiger charge is 2.24. The van der Waals surface area contributed by atoms with Gasteiger partial charge in [0.05, 0.1) is 30.0 Å². The maximum absolute atomic E-state index is 14.0. The van der Waals surface area contributed by atoms with Crippen LogP contribution in [0.15, 0.2) is 48.6 Å². The standard InChI is InChI=1S/C22H24BFN6O/c1-13(30(23)26)20(25)15-7-8-27-18(9-15)21-22(29(2)12-28-21)17-6-5-16(24)10-19(17)31-11-14-3-4-14/h5-10,12,14H,3-4,11,25-26H2,1-2H3/b20-13-. The second-order valence-corrected chi connectivity index (χ2v) is 7.78. The molecule has 1 aromatic carbocycles. The minimum Gasteiger partial charge on any atom is -0.492 e. The Morgan fingerprint density at radius 3 is 2.77 bits per heavy atom. The Morgan fingerprint density at radius 2 is 2.06 bits per heavy atom. The monoisotopic (exact) mass is 418 g/mol. The molecule has 4 N–H and O–H groups in total. The van der Waals surface area contributed by atoms with E-state index < -0.39 is 0 Å². The number of allylic oxidation sites excluding steroid dienone is 1. The molecule has 158 valence electrons. The van der Waals surface area contributed by atoms with E-state index in [1.165, 1.54) is 12.1 Å². The smallest absolute Gasteiger partial charge is 0.253 e. The number of hydrogen-bond acceptors (Lipinski definition) is 6. The first-order valence-electron chi connectivity index (χ1n) is 10.0. The maximum atomic E-state index is 14.0. The third kappa shape index (κ3) is 4.41. The zero-order valence-corrected chi connectivity index (χ0v) is 17.5. The molecule has 31 heavy (non-hydrogen) atoms. The normalized spacial score (nSPS) is 14.3. The fraction of sp³-hybridized carbons (Fsp3) is 0.273. The van der Waals surface area contributed by atoms with E-state index in [1.54, 1.807) is 31.6 Å². The fourth-order valence-electron chi connectivity index (χ4n) is 3.31. The summed E-state index contributed by atoms with van der Waals surface area (Å²) in [5, 5.41) is 0. The first kappa shape index (κ1) is 20.9. The molecular weight excluding hydrogens is 394 g/mol. The van der Waals surface area contributed by atoms with Gasteiger partial charge in [-0.3, -0.25) is 10.8 Å². The van der Waals surface area contributed by atoms with Gasteiger partial charge in [0, 0.05) is 36.1 Å². The van der Waals surface area contributed by atoms with Crippen LogP contribution in [0.3, 0.4) is 0 Å². The minimum atomic E-state index is -0.347. The van der Waals surface area contributed by atoms with Crippen molar-refractivity contribution in [3.63, 3.8) is 0 Å². The third-order valence-electron chi connectivity index (χ3n) is 5.40. The van der Waals surface area contributed by atoms with E-state index in [1.807, 2.05) is 17.7 Å². The summed E-state index contributed by atoms with van der Waals surface area (Å²) in [4.78, 5) is 10.0. The number of nitrogens with two attached hydrogens (primary N) is 2. The Hall–Kier alpha value is -3.33. The molecule has 2 radical (unpaired) electrons. The molecule has 1 saturated carbocycles. The topological polar surface area (TPSA) is 95.2 Å². The molecule has 0 unspecified atom stereocenters. The number of ether oxygens (including phenoxy) is 1. The Balaban J connectivity index is 1.78. The highest BCUT2D eigenvalue weighted by Crippen LogP contribution is 2.38. The SMILES string of the molecule is [B]N(N)/C(C)=C(\N)c1ccnc(-c2ncn(C)c2-c2ccc(F)cc2OCC2CC2)c1. The van der Waals surface area contributed by atoms with Gasteiger partial charge in [0.1, 0.15) is 17.3 Å². The van der Waals surface area contributed by atoms with Crippen molar-refractivity contribution in [1.82, 2.24) is 19.5 Å². The average Bonchev–Trinajstić information content (AvgIpc) is 3.52. The number of nitrogens with zero attached hydrogens (tertiary/aromatic N) is 4. The van der Waals surface area contributed by atoms with Gasteiger partial charge in [-0.15, -0.1) is 0 Å². The zero-order valence-electron chi connectivity index (χ0n) is 17.5. The van der Waals surface area contributed by atoms with Crippen LogP contribution in [-0.4, -0.2) is 34.0 Å². The van der Waals surface area contributed by atoms with Gasteiger partial charge < -0.3 is 20.0 Å². The third-order valence-corrected chi connectivity index (χ3v) is 5.40. The van der Waals surface area contributed by atoms with Crippen LogP contribution in [0.1, 0.15) is 25.3 Å². The zero-order chi connectivity index (χ0) is 22.1. The molecule has 0 atom stereocenters. The molecular formula is C22H24BFN6O. The Kier molecular flexibility index (Phi) is 5.69. The molecule has 0 bridgehead atoms. The van der Waals surface area contributed by atoms with Crippen molar-refractivity contribution in [2.24, 2.45) is 24.5 Å². The summed E-state index contributed by atoms with van der Waals surface area (Å²) in [7, 11) is 7.48. The molecule has 2 heterocycles. The summed E-state index contributed by atoms with van der Waals surface area (Å²) in [6, 6.07) is 8.14. The molecule has 0 amide bonds. The van der Waals surface area contributed by atoms with Crippen molar-refractivity contribution in [3.8, 4) is 28.4 Å². The number of hydrogen-bond donors (Lipinski definition) is 2. The van der Waals surface area contributed by atoms with Crippen molar-refractivity contribution in [2.45, 2.75) is 19.8 Å². The molecule has 7 nitrogen and oxygen atoms in total. The van der Waals surface area contributed by atoms with Crippen molar-refractivity contribution in [3.05, 3.63) is 59.9 Å². The molecule has 1 fully saturated rings. The number of rotatable bonds is 7. The quantitative estimate of drug-likeness (QED) is 0.348. The van der Waals surface area contributed by atoms with Crippen molar-refractivity contribution in [2.75, 3.05) is 6.61 Å². The van der Waals surface area contributed by atoms with E-state index in [-0.39, 0.29) is 5.82 Å². The molecule has 0 aliphatic heterocycles. The van der Waals surface area contributed by atoms with Gasteiger partial charge in [0.15, 0.2) is 0 Å². The van der Waals surface area contributed by atoms with E-state index in [2.05, 4.69) is 9.97 Å². The maximum Gasteiger partial charge on any atom is 0.253 e. The Morgan fingerprint density at radius 1 is 1.29 bits per heavy atom. The van der Waals surface area contributed by atoms with Gasteiger partial charge in [-0.05, 0) is 49.9 Å². The predicted molar refractivity (Wildman–Crippen MR) is 119 cm³/mol. The van der Waals surface area contributed by atoms with Gasteiger partial charge >= 0.3 is 0 Å². The number of halogens is 1. The average molecular weight is 418 g/mol. The number of benzene rings is 1. The Bertz CT molecular complexity index is 1140. The second kappa shape index (κ2) is 8.43. The van der Waals surface area contributed by atoms with Gasteiger partial charge in [-0.2, -0.15) is 0 Å². The largest absolute Gasteiger partial charge is 0.492 e. The highest BCUT2D eigenvalue weighted by atomic mass is 19.1. The van der Waals surface area contributed by atoms with Crippen LogP contribution in [0.25, 0.3) is 28.3 Å². The lowest BCUT2D eigenvalue weighted by Crippen LogP contribution is -2.27. The van der Waals surface area contributed by atoms with Crippen LogP contribution in [0.4, 0.5) is 4.39 Å². The number of pyridine rings is 1. The van der Waals surface area contributed by atoms with Crippen molar-refractivity contribution in [1.29, 1.82) is 0 Å². The lowest BCUT2D eigenvalue weighted by molar-refractivity contribution is 0.299. The van der Waals surface area contributed by atoms with E-state index in [0.717, 1.165) is 29.0 Å². The van der Waals surface area contributed by atoms with Crippen LogP contribution in [0.5, 0.6) is 5.75 Å². The van der Waals surface area contributed by atoms with Gasteiger partial charge in [0.25, 0.3) is 7.98 Å². The van der Waals surface area contributed by atoms with Gasteiger partial charge in [0.2, 0.25) is 0 Å². The van der Waals surface area contributed by atoms with Crippen LogP contribution >= 0.6 is 0 Å². The van der Waals surface area contributed by atoms with E-state index in [0.29, 0.717) is 46.6 Å². The summed E-state index contributed by atoms with van der Waals surface area (Å²) in [5.74, 6) is 6.30. The summed E-state index contributed by atoms with van der Waals surface area (Å²) in [6.07, 6.45) is 5.64. The highest BCUT2D eigenvalue weighted by molar-refractivity contribution is 6.05. The summed E-state index contributed by atoms with van der Waals surface area (Å²) < 4.78 is 21.8. The molecule has 3 aromatic rings. The number of aromatic nitrogens is 3. The lowest BCUT2D eigenvalue weighted by atomic mass is 10.0. The van der Waals surface area contributed by atoms with E-state index >= 15 is 0 Å². The number of imidazole rings is 1. The van der Waals surface area contributed by atoms with Crippen LogP contribution in [0, 0.1) is 11.7 Å². The molecule has 0 spiro atoms. The molecule has 1 aliphatic carbocycles. The molecule has 0 saturated heterocycles. The summed E-state index contributed by atoms with van der Waals surface area (Å²) in [6.45, 7) is 2.30. The number of hydrazine groups is 1. The van der Waals surface area contributed by atoms with E-state index in [4.69, 9.17) is 24.3 Å². The molecule has 1 aliphatic rings. The molecule has 9 heteroatoms. The lowest BCUT2D eigenvalue weighted by Gasteiger charge is -2.17. The van der Waals surface area contributed by atoms with Crippen molar-refractivity contribution < 1.29 is 9.13 Å². The van der Waals surface area contributed by atoms with Gasteiger partial charge in [-0.1, -0.05) is 0 Å². The predicted octanol–water partition coefficient (Wildman–Crippen LogP) is 2.98. The summed E-state index contributed by atoms with van der Waals surface area (Å²) in [5.41, 5.74) is 10.7. The van der Waals surface area contributed by atoms with E-state index in [9.17, 15) is 4.39 Å².